The Morgan fingerprint density at radius 3 is 2.73 bits per heavy atom. The molecule has 0 atom stereocenters. The van der Waals surface area contributed by atoms with Gasteiger partial charge in [0.25, 0.3) is 0 Å². The molecule has 2 aromatic carbocycles. The molecule has 33 heavy (non-hydrogen) atoms. The number of pyridine rings is 1. The summed E-state index contributed by atoms with van der Waals surface area (Å²) in [6.45, 7) is 0. The second-order valence-electron chi connectivity index (χ2n) is 7.42. The van der Waals surface area contributed by atoms with E-state index in [-0.39, 0.29) is 0 Å². The Kier molecular flexibility index (Phi) is 5.73. The molecule has 3 N–H and O–H groups in total. The van der Waals surface area contributed by atoms with Crippen molar-refractivity contribution >= 4 is 46.5 Å². The summed E-state index contributed by atoms with van der Waals surface area (Å²) in [5.74, 6) is 1.34. The molecule has 8 nitrogen and oxygen atoms in total. The van der Waals surface area contributed by atoms with Gasteiger partial charge in [0.2, 0.25) is 5.95 Å². The highest BCUT2D eigenvalue weighted by Gasteiger charge is 2.13. The van der Waals surface area contributed by atoms with Gasteiger partial charge >= 0.3 is 6.09 Å². The molecule has 0 spiro atoms. The van der Waals surface area contributed by atoms with Crippen LogP contribution in [0.2, 0.25) is 5.02 Å². The fourth-order valence-corrected chi connectivity index (χ4v) is 3.62. The van der Waals surface area contributed by atoms with Crippen molar-refractivity contribution in [1.29, 1.82) is 0 Å². The Bertz CT molecular complexity index is 1320. The summed E-state index contributed by atoms with van der Waals surface area (Å²) in [5.41, 5.74) is 4.17. The van der Waals surface area contributed by atoms with Crippen LogP contribution in [0.25, 0.3) is 0 Å². The van der Waals surface area contributed by atoms with E-state index in [1.165, 1.54) is 6.20 Å². The Morgan fingerprint density at radius 1 is 0.970 bits per heavy atom. The van der Waals surface area contributed by atoms with Gasteiger partial charge in [-0.05, 0) is 60.4 Å². The number of hydrogen-bond acceptors (Lipinski definition) is 7. The van der Waals surface area contributed by atoms with Crippen LogP contribution in [0.1, 0.15) is 11.1 Å². The molecular formula is C24H19ClN6O2. The Morgan fingerprint density at radius 2 is 1.85 bits per heavy atom. The van der Waals surface area contributed by atoms with Crippen molar-refractivity contribution in [3.05, 3.63) is 89.3 Å². The number of nitrogens with one attached hydrogen (secondary N) is 3. The number of ether oxygens (including phenoxy) is 1. The maximum absolute atomic E-state index is 12.5. The number of carbonyl (C=O) groups excluding carboxylic acids is 1. The number of nitrogens with zero attached hydrogens (tertiary/aromatic N) is 3. The van der Waals surface area contributed by atoms with Crippen LogP contribution in [-0.4, -0.2) is 21.0 Å². The summed E-state index contributed by atoms with van der Waals surface area (Å²) in [5, 5.41) is 9.63. The standard InChI is InChI=1S/C24H19ClN6O2/c25-20-14-27-23-29-18-10-15(12-26-13-18)6-7-16-11-17(28-22(20)31-23)8-9-21(16)30-24(32)33-19-4-2-1-3-5-19/h1-5,8-14H,6-7H2,(H,30,32)(H2,27,28,29,31). The number of fused-ring (bicyclic) bond motifs is 6. The molecule has 3 heterocycles. The highest BCUT2D eigenvalue weighted by molar-refractivity contribution is 6.32. The van der Waals surface area contributed by atoms with Crippen molar-refractivity contribution in [1.82, 2.24) is 15.0 Å². The van der Waals surface area contributed by atoms with Gasteiger partial charge in [0.05, 0.1) is 18.1 Å². The van der Waals surface area contributed by atoms with Crippen molar-refractivity contribution in [2.45, 2.75) is 12.8 Å². The number of carbonyl (C=O) groups is 1. The summed E-state index contributed by atoms with van der Waals surface area (Å²) in [4.78, 5) is 25.5. The van der Waals surface area contributed by atoms with Gasteiger partial charge in [-0.15, -0.1) is 0 Å². The zero-order chi connectivity index (χ0) is 22.6. The van der Waals surface area contributed by atoms with Crippen molar-refractivity contribution in [3.8, 4) is 5.75 Å². The molecule has 4 aromatic rings. The molecule has 0 aliphatic carbocycles. The highest BCUT2D eigenvalue weighted by Crippen LogP contribution is 2.29. The van der Waals surface area contributed by atoms with E-state index in [1.807, 2.05) is 48.7 Å². The van der Waals surface area contributed by atoms with Crippen molar-refractivity contribution in [2.24, 2.45) is 0 Å². The van der Waals surface area contributed by atoms with Crippen LogP contribution in [0.4, 0.5) is 33.6 Å². The predicted molar refractivity (Wildman–Crippen MR) is 128 cm³/mol. The van der Waals surface area contributed by atoms with E-state index in [9.17, 15) is 4.79 Å². The lowest BCUT2D eigenvalue weighted by Crippen LogP contribution is -2.18. The molecule has 0 saturated heterocycles. The van der Waals surface area contributed by atoms with E-state index in [1.54, 1.807) is 18.3 Å². The van der Waals surface area contributed by atoms with Crippen LogP contribution in [0.3, 0.4) is 0 Å². The molecule has 164 valence electrons. The topological polar surface area (TPSA) is 101 Å². The SMILES string of the molecule is O=C(Nc1ccc2cc1CCc1cncc(c1)Nc1ncc(Cl)c(n1)N2)Oc1ccccc1. The number of benzene rings is 2. The van der Waals surface area contributed by atoms with E-state index in [0.29, 0.717) is 41.1 Å². The van der Waals surface area contributed by atoms with Gasteiger partial charge in [0.1, 0.15) is 10.8 Å². The predicted octanol–water partition coefficient (Wildman–Crippen LogP) is 5.72. The Hall–Kier alpha value is -4.17. The lowest BCUT2D eigenvalue weighted by molar-refractivity contribution is 0.215. The molecule has 0 radical (unpaired) electrons. The second-order valence-corrected chi connectivity index (χ2v) is 7.83. The summed E-state index contributed by atoms with van der Waals surface area (Å²) in [6, 6.07) is 16.5. The lowest BCUT2D eigenvalue weighted by atomic mass is 10.0. The van der Waals surface area contributed by atoms with Crippen LogP contribution in [0.5, 0.6) is 5.75 Å². The number of para-hydroxylation sites is 1. The third-order valence-corrected chi connectivity index (χ3v) is 5.31. The number of halogens is 1. The van der Waals surface area contributed by atoms with E-state index in [0.717, 1.165) is 22.5 Å². The van der Waals surface area contributed by atoms with Crippen LogP contribution >= 0.6 is 11.6 Å². The van der Waals surface area contributed by atoms with Gasteiger partial charge in [0, 0.05) is 17.6 Å². The molecule has 9 heteroatoms. The first kappa shape index (κ1) is 20.7. The number of anilines is 5. The monoisotopic (exact) mass is 458 g/mol. The summed E-state index contributed by atoms with van der Waals surface area (Å²) in [7, 11) is 0. The molecule has 1 aliphatic heterocycles. The third-order valence-electron chi connectivity index (χ3n) is 5.04. The number of aromatic nitrogens is 3. The van der Waals surface area contributed by atoms with Gasteiger partial charge < -0.3 is 15.4 Å². The smallest absolute Gasteiger partial charge is 0.410 e. The molecular weight excluding hydrogens is 440 g/mol. The highest BCUT2D eigenvalue weighted by atomic mass is 35.5. The zero-order valence-electron chi connectivity index (χ0n) is 17.4. The maximum atomic E-state index is 12.5. The Labute approximate surface area is 195 Å². The molecule has 0 fully saturated rings. The van der Waals surface area contributed by atoms with Gasteiger partial charge in [-0.3, -0.25) is 10.3 Å². The van der Waals surface area contributed by atoms with Gasteiger partial charge in [0.15, 0.2) is 5.82 Å². The minimum atomic E-state index is -0.558. The lowest BCUT2D eigenvalue weighted by Gasteiger charge is -2.14. The molecule has 5 rings (SSSR count). The fraction of sp³-hybridized carbons (Fsp3) is 0.0833. The first-order valence-corrected chi connectivity index (χ1v) is 10.7. The van der Waals surface area contributed by atoms with E-state index >= 15 is 0 Å². The third kappa shape index (κ3) is 5.02. The number of rotatable bonds is 2. The largest absolute Gasteiger partial charge is 0.417 e. The molecule has 1 amide bonds. The summed E-state index contributed by atoms with van der Waals surface area (Å²) in [6.07, 6.45) is 5.88. The zero-order valence-corrected chi connectivity index (χ0v) is 18.1. The first-order valence-electron chi connectivity index (χ1n) is 10.3. The molecule has 0 unspecified atom stereocenters. The van der Waals surface area contributed by atoms with Gasteiger partial charge in [-0.2, -0.15) is 4.98 Å². The molecule has 2 aromatic heterocycles. The number of amides is 1. The second kappa shape index (κ2) is 9.13. The number of hydrogen-bond donors (Lipinski definition) is 3. The normalized spacial score (nSPS) is 12.2. The average molecular weight is 459 g/mol. The average Bonchev–Trinajstić information content (AvgIpc) is 2.82. The van der Waals surface area contributed by atoms with E-state index < -0.39 is 6.09 Å². The van der Waals surface area contributed by atoms with Crippen LogP contribution in [0, 0.1) is 0 Å². The number of aryl methyl sites for hydroxylation is 2. The van der Waals surface area contributed by atoms with Crippen molar-refractivity contribution < 1.29 is 9.53 Å². The van der Waals surface area contributed by atoms with E-state index in [2.05, 4.69) is 30.9 Å². The first-order chi connectivity index (χ1) is 16.1. The van der Waals surface area contributed by atoms with Gasteiger partial charge in [-0.1, -0.05) is 29.8 Å². The molecule has 1 aliphatic rings. The maximum Gasteiger partial charge on any atom is 0.417 e. The van der Waals surface area contributed by atoms with Crippen LogP contribution in [-0.2, 0) is 12.8 Å². The van der Waals surface area contributed by atoms with E-state index in [4.69, 9.17) is 16.3 Å². The van der Waals surface area contributed by atoms with Crippen molar-refractivity contribution in [2.75, 3.05) is 16.0 Å². The summed E-state index contributed by atoms with van der Waals surface area (Å²) >= 11 is 6.31. The molecule has 6 bridgehead atoms. The molecule has 0 saturated carbocycles. The summed E-state index contributed by atoms with van der Waals surface area (Å²) < 4.78 is 5.38. The minimum Gasteiger partial charge on any atom is -0.410 e. The minimum absolute atomic E-state index is 0.387. The van der Waals surface area contributed by atoms with Crippen LogP contribution < -0.4 is 20.7 Å². The Balaban J connectivity index is 1.47. The van der Waals surface area contributed by atoms with Crippen LogP contribution in [0.15, 0.2) is 73.2 Å². The quantitative estimate of drug-likeness (QED) is 0.353. The fourth-order valence-electron chi connectivity index (χ4n) is 3.48. The van der Waals surface area contributed by atoms with Crippen molar-refractivity contribution in [3.63, 3.8) is 0 Å². The van der Waals surface area contributed by atoms with Gasteiger partial charge in [-0.25, -0.2) is 9.78 Å².